The number of furan rings is 1. The molecule has 0 fully saturated rings. The van der Waals surface area contributed by atoms with Crippen LogP contribution in [0, 0.1) is 0 Å². The predicted molar refractivity (Wildman–Crippen MR) is 217 cm³/mol. The van der Waals surface area contributed by atoms with Gasteiger partial charge in [-0.2, -0.15) is 0 Å². The summed E-state index contributed by atoms with van der Waals surface area (Å²) < 4.78 is 9.01. The lowest BCUT2D eigenvalue weighted by Gasteiger charge is -2.12. The number of aromatic nitrogens is 3. The molecule has 0 unspecified atom stereocenters. The van der Waals surface area contributed by atoms with Crippen molar-refractivity contribution in [3.63, 3.8) is 0 Å². The second kappa shape index (κ2) is 11.4. The van der Waals surface area contributed by atoms with Crippen molar-refractivity contribution in [2.24, 2.45) is 0 Å². The third-order valence-electron chi connectivity index (χ3n) is 10.1. The molecule has 0 amide bonds. The number of benzene rings is 8. The van der Waals surface area contributed by atoms with Gasteiger partial charge in [-0.1, -0.05) is 127 Å². The molecule has 0 aliphatic heterocycles. The van der Waals surface area contributed by atoms with Crippen molar-refractivity contribution in [2.45, 2.75) is 0 Å². The van der Waals surface area contributed by atoms with Gasteiger partial charge in [-0.05, 0) is 63.7 Å². The van der Waals surface area contributed by atoms with Gasteiger partial charge in [0.2, 0.25) is 0 Å². The lowest BCUT2D eigenvalue weighted by Crippen LogP contribution is -2.01. The summed E-state index contributed by atoms with van der Waals surface area (Å²) in [7, 11) is 0. The molecular formula is C47H27N3OS. The lowest BCUT2D eigenvalue weighted by molar-refractivity contribution is 0.673. The average molecular weight is 682 g/mol. The van der Waals surface area contributed by atoms with Crippen molar-refractivity contribution in [2.75, 3.05) is 0 Å². The minimum absolute atomic E-state index is 0.623. The lowest BCUT2D eigenvalue weighted by atomic mass is 9.98. The van der Waals surface area contributed by atoms with Gasteiger partial charge in [0.15, 0.2) is 17.5 Å². The summed E-state index contributed by atoms with van der Waals surface area (Å²) in [5, 5.41) is 8.90. The number of rotatable bonds is 4. The van der Waals surface area contributed by atoms with E-state index in [1.54, 1.807) is 11.3 Å². The van der Waals surface area contributed by atoms with Crippen LogP contribution in [0.1, 0.15) is 0 Å². The molecule has 52 heavy (non-hydrogen) atoms. The Morgan fingerprint density at radius 1 is 0.385 bits per heavy atom. The largest absolute Gasteiger partial charge is 0.455 e. The molecule has 0 N–H and O–H groups in total. The molecule has 0 saturated carbocycles. The van der Waals surface area contributed by atoms with Gasteiger partial charge >= 0.3 is 0 Å². The quantitative estimate of drug-likeness (QED) is 0.185. The molecule has 0 radical (unpaired) electrons. The van der Waals surface area contributed by atoms with Crippen molar-refractivity contribution < 1.29 is 4.42 Å². The van der Waals surface area contributed by atoms with Crippen LogP contribution in [-0.2, 0) is 0 Å². The summed E-state index contributed by atoms with van der Waals surface area (Å²) >= 11 is 1.78. The first kappa shape index (κ1) is 29.1. The first-order valence-electron chi connectivity index (χ1n) is 17.3. The normalized spacial score (nSPS) is 11.8. The standard InChI is InChI=1S/C47H27N3OS/c1-2-11-28(12-3-1)31-23-24-41-38(26-31)39-27-40(33-15-6-7-17-35(33)43(39)51-41)47-49-45(32-22-21-29-13-4-5-14-30(29)25-32)48-46(50-47)37-19-10-18-36-34-16-8-9-20-42(34)52-44(36)37/h1-27H. The van der Waals surface area contributed by atoms with Crippen LogP contribution in [0.15, 0.2) is 168 Å². The molecule has 8 aromatic carbocycles. The van der Waals surface area contributed by atoms with E-state index >= 15 is 0 Å². The summed E-state index contributed by atoms with van der Waals surface area (Å²) in [5.41, 5.74) is 6.89. The van der Waals surface area contributed by atoms with Crippen LogP contribution in [0.25, 0.3) is 109 Å². The van der Waals surface area contributed by atoms with Gasteiger partial charge in [0.25, 0.3) is 0 Å². The number of fused-ring (bicyclic) bond motifs is 9. The number of thiophene rings is 1. The Morgan fingerprint density at radius 3 is 1.96 bits per heavy atom. The zero-order chi connectivity index (χ0) is 34.2. The van der Waals surface area contributed by atoms with E-state index in [9.17, 15) is 0 Å². The average Bonchev–Trinajstić information content (AvgIpc) is 3.79. The van der Waals surface area contributed by atoms with Crippen molar-refractivity contribution in [3.05, 3.63) is 164 Å². The molecule has 0 spiro atoms. The van der Waals surface area contributed by atoms with Crippen LogP contribution in [-0.4, -0.2) is 15.0 Å². The van der Waals surface area contributed by atoms with Gasteiger partial charge < -0.3 is 4.42 Å². The van der Waals surface area contributed by atoms with Gasteiger partial charge in [-0.3, -0.25) is 0 Å². The molecule has 3 heterocycles. The van der Waals surface area contributed by atoms with Crippen molar-refractivity contribution >= 4 is 75.0 Å². The van der Waals surface area contributed by atoms with E-state index in [4.69, 9.17) is 19.4 Å². The molecule has 242 valence electrons. The van der Waals surface area contributed by atoms with E-state index in [0.717, 1.165) is 65.9 Å². The van der Waals surface area contributed by atoms with Crippen LogP contribution in [0.4, 0.5) is 0 Å². The molecule has 0 atom stereocenters. The Labute approximate surface area is 302 Å². The summed E-state index contributed by atoms with van der Waals surface area (Å²) in [4.78, 5) is 15.8. The maximum atomic E-state index is 6.60. The highest BCUT2D eigenvalue weighted by atomic mass is 32.1. The van der Waals surface area contributed by atoms with Crippen LogP contribution < -0.4 is 0 Å². The zero-order valence-corrected chi connectivity index (χ0v) is 28.6. The Bertz CT molecular complexity index is 3200. The fraction of sp³-hybridized carbons (Fsp3) is 0. The van der Waals surface area contributed by atoms with Gasteiger partial charge in [0.1, 0.15) is 11.2 Å². The highest BCUT2D eigenvalue weighted by Gasteiger charge is 2.21. The molecule has 0 saturated heterocycles. The minimum Gasteiger partial charge on any atom is -0.455 e. The molecule has 0 aliphatic carbocycles. The van der Waals surface area contributed by atoms with Gasteiger partial charge in [0.05, 0.1) is 0 Å². The SMILES string of the molecule is c1ccc(-c2ccc3oc4c5ccccc5c(-c5nc(-c6ccc7ccccc7c6)nc(-c6cccc7c6sc6ccccc67)n5)cc4c3c2)cc1. The fourth-order valence-electron chi connectivity index (χ4n) is 7.59. The second-order valence-electron chi connectivity index (χ2n) is 13.2. The third-order valence-corrected chi connectivity index (χ3v) is 11.3. The van der Waals surface area contributed by atoms with E-state index < -0.39 is 0 Å². The van der Waals surface area contributed by atoms with Gasteiger partial charge in [-0.15, -0.1) is 11.3 Å². The van der Waals surface area contributed by atoms with Crippen LogP contribution in [0.3, 0.4) is 0 Å². The molecule has 5 heteroatoms. The molecule has 0 bridgehead atoms. The van der Waals surface area contributed by atoms with Gasteiger partial charge in [0, 0.05) is 53.0 Å². The van der Waals surface area contributed by atoms with E-state index in [0.29, 0.717) is 17.5 Å². The van der Waals surface area contributed by atoms with Crippen LogP contribution in [0.2, 0.25) is 0 Å². The third kappa shape index (κ3) is 4.57. The molecule has 4 nitrogen and oxygen atoms in total. The van der Waals surface area contributed by atoms with Crippen LogP contribution in [0.5, 0.6) is 0 Å². The number of nitrogens with zero attached hydrogens (tertiary/aromatic N) is 3. The Balaban J connectivity index is 1.20. The smallest absolute Gasteiger partial charge is 0.165 e. The van der Waals surface area contributed by atoms with Crippen molar-refractivity contribution in [1.82, 2.24) is 15.0 Å². The van der Waals surface area contributed by atoms with Gasteiger partial charge in [-0.25, -0.2) is 15.0 Å². The van der Waals surface area contributed by atoms with Crippen LogP contribution >= 0.6 is 11.3 Å². The summed E-state index contributed by atoms with van der Waals surface area (Å²) in [6, 6.07) is 57.4. The number of hydrogen-bond donors (Lipinski definition) is 0. The number of hydrogen-bond acceptors (Lipinski definition) is 5. The Kier molecular flexibility index (Phi) is 6.39. The topological polar surface area (TPSA) is 51.8 Å². The minimum atomic E-state index is 0.623. The Hall–Kier alpha value is -6.69. The summed E-state index contributed by atoms with van der Waals surface area (Å²) in [6.07, 6.45) is 0. The van der Waals surface area contributed by atoms with Crippen molar-refractivity contribution in [3.8, 4) is 45.3 Å². The second-order valence-corrected chi connectivity index (χ2v) is 14.2. The monoisotopic (exact) mass is 681 g/mol. The summed E-state index contributed by atoms with van der Waals surface area (Å²) in [6.45, 7) is 0. The summed E-state index contributed by atoms with van der Waals surface area (Å²) in [5.74, 6) is 1.91. The fourth-order valence-corrected chi connectivity index (χ4v) is 8.80. The van der Waals surface area contributed by atoms with E-state index in [-0.39, 0.29) is 0 Å². The first-order chi connectivity index (χ1) is 25.7. The predicted octanol–water partition coefficient (Wildman–Crippen LogP) is 13.1. The highest BCUT2D eigenvalue weighted by molar-refractivity contribution is 7.26. The highest BCUT2D eigenvalue weighted by Crippen LogP contribution is 2.42. The van der Waals surface area contributed by atoms with Crippen molar-refractivity contribution in [1.29, 1.82) is 0 Å². The van der Waals surface area contributed by atoms with E-state index in [1.807, 2.05) is 6.07 Å². The molecule has 11 rings (SSSR count). The molecular weight excluding hydrogens is 655 g/mol. The first-order valence-corrected chi connectivity index (χ1v) is 18.2. The molecule has 11 aromatic rings. The molecule has 3 aromatic heterocycles. The molecule has 0 aliphatic rings. The van der Waals surface area contributed by atoms with E-state index in [2.05, 4.69) is 158 Å². The zero-order valence-electron chi connectivity index (χ0n) is 27.7. The Morgan fingerprint density at radius 2 is 1.08 bits per heavy atom. The maximum Gasteiger partial charge on any atom is 0.165 e. The maximum absolute atomic E-state index is 6.60. The van der Waals surface area contributed by atoms with E-state index in [1.165, 1.54) is 25.6 Å².